The zero-order valence-corrected chi connectivity index (χ0v) is 10.4. The summed E-state index contributed by atoms with van der Waals surface area (Å²) in [4.78, 5) is 13.1. The van der Waals surface area contributed by atoms with E-state index in [1.807, 2.05) is 11.9 Å². The molecule has 0 fully saturated rings. The smallest absolute Gasteiger partial charge is 0.243 e. The summed E-state index contributed by atoms with van der Waals surface area (Å²) in [7, 11) is 1.90. The van der Waals surface area contributed by atoms with Gasteiger partial charge < -0.3 is 11.1 Å². The molecule has 5 heteroatoms. The molecular weight excluding hydrogens is 226 g/mol. The Bertz CT molecular complexity index is 248. The second kappa shape index (κ2) is 12.1. The van der Waals surface area contributed by atoms with Crippen molar-refractivity contribution in [3.63, 3.8) is 0 Å². The number of nitrogens with zero attached hydrogens (tertiary/aromatic N) is 1. The van der Waals surface area contributed by atoms with E-state index in [1.165, 1.54) is 6.08 Å². The van der Waals surface area contributed by atoms with Crippen molar-refractivity contribution in [1.29, 1.82) is 0 Å². The minimum atomic E-state index is -0.0856. The van der Waals surface area contributed by atoms with E-state index >= 15 is 0 Å². The van der Waals surface area contributed by atoms with E-state index in [1.54, 1.807) is 6.08 Å². The van der Waals surface area contributed by atoms with Crippen LogP contribution in [0.25, 0.3) is 0 Å². The average molecular weight is 246 g/mol. The number of carbonyl (C=O) groups excluding carboxylic acids is 1. The predicted octanol–water partition coefficient (Wildman–Crippen LogP) is -0.00560. The van der Waals surface area contributed by atoms with Crippen LogP contribution in [0.1, 0.15) is 6.42 Å². The van der Waals surface area contributed by atoms with Gasteiger partial charge >= 0.3 is 0 Å². The summed E-state index contributed by atoms with van der Waals surface area (Å²) in [5.74, 6) is 2.44. The SMILES string of the molecule is C#CCN(C)C/C=C/C(=O)NCCCN.Cl. The second-order valence-corrected chi connectivity index (χ2v) is 3.24. The van der Waals surface area contributed by atoms with E-state index in [9.17, 15) is 4.79 Å². The molecule has 0 radical (unpaired) electrons. The van der Waals surface area contributed by atoms with Gasteiger partial charge in [0.05, 0.1) is 6.54 Å². The maximum atomic E-state index is 11.2. The summed E-state index contributed by atoms with van der Waals surface area (Å²) < 4.78 is 0. The quantitative estimate of drug-likeness (QED) is 0.377. The first-order valence-electron chi connectivity index (χ1n) is 4.97. The summed E-state index contributed by atoms with van der Waals surface area (Å²) in [6, 6.07) is 0. The van der Waals surface area contributed by atoms with Crippen molar-refractivity contribution in [2.45, 2.75) is 6.42 Å². The third kappa shape index (κ3) is 11.1. The Morgan fingerprint density at radius 2 is 2.31 bits per heavy atom. The van der Waals surface area contributed by atoms with Crippen molar-refractivity contribution in [1.82, 2.24) is 10.2 Å². The fourth-order valence-corrected chi connectivity index (χ4v) is 0.933. The lowest BCUT2D eigenvalue weighted by Gasteiger charge is -2.08. The van der Waals surface area contributed by atoms with Crippen LogP contribution in [0.5, 0.6) is 0 Å². The van der Waals surface area contributed by atoms with Crippen LogP contribution in [0.15, 0.2) is 12.2 Å². The van der Waals surface area contributed by atoms with Gasteiger partial charge in [0.25, 0.3) is 0 Å². The Morgan fingerprint density at radius 1 is 1.62 bits per heavy atom. The van der Waals surface area contributed by atoms with Crippen LogP contribution in [-0.4, -0.2) is 44.0 Å². The van der Waals surface area contributed by atoms with Crippen LogP contribution in [0.3, 0.4) is 0 Å². The molecule has 0 bridgehead atoms. The first-order valence-corrected chi connectivity index (χ1v) is 4.97. The lowest BCUT2D eigenvalue weighted by Crippen LogP contribution is -2.24. The lowest BCUT2D eigenvalue weighted by atomic mass is 10.4. The monoisotopic (exact) mass is 245 g/mol. The first kappa shape index (κ1) is 17.4. The molecule has 0 aromatic heterocycles. The minimum Gasteiger partial charge on any atom is -0.353 e. The van der Waals surface area contributed by atoms with Crippen molar-refractivity contribution >= 4 is 18.3 Å². The molecule has 3 N–H and O–H groups in total. The van der Waals surface area contributed by atoms with E-state index < -0.39 is 0 Å². The molecule has 0 rings (SSSR count). The number of nitrogens with two attached hydrogens (primary N) is 1. The zero-order valence-electron chi connectivity index (χ0n) is 9.61. The van der Waals surface area contributed by atoms with Gasteiger partial charge in [-0.25, -0.2) is 0 Å². The van der Waals surface area contributed by atoms with Crippen molar-refractivity contribution in [3.05, 3.63) is 12.2 Å². The largest absolute Gasteiger partial charge is 0.353 e. The summed E-state index contributed by atoms with van der Waals surface area (Å²) in [5.41, 5.74) is 5.29. The minimum absolute atomic E-state index is 0. The molecule has 4 nitrogen and oxygen atoms in total. The van der Waals surface area contributed by atoms with E-state index in [-0.39, 0.29) is 18.3 Å². The Kier molecular flexibility index (Phi) is 13.1. The Labute approximate surface area is 104 Å². The maximum absolute atomic E-state index is 11.2. The van der Waals surface area contributed by atoms with Gasteiger partial charge in [0.1, 0.15) is 0 Å². The molecule has 0 aliphatic heterocycles. The number of nitrogens with one attached hydrogen (secondary N) is 1. The van der Waals surface area contributed by atoms with Crippen LogP contribution >= 0.6 is 12.4 Å². The number of rotatable bonds is 7. The van der Waals surface area contributed by atoms with Crippen molar-refractivity contribution < 1.29 is 4.79 Å². The molecule has 0 aromatic rings. The lowest BCUT2D eigenvalue weighted by molar-refractivity contribution is -0.116. The molecule has 0 aromatic carbocycles. The topological polar surface area (TPSA) is 58.4 Å². The molecular formula is C11H20ClN3O. The predicted molar refractivity (Wildman–Crippen MR) is 69.4 cm³/mol. The highest BCUT2D eigenvalue weighted by Crippen LogP contribution is 1.82. The van der Waals surface area contributed by atoms with Crippen LogP contribution < -0.4 is 11.1 Å². The number of likely N-dealkylation sites (N-methyl/N-ethyl adjacent to an activating group) is 1. The maximum Gasteiger partial charge on any atom is 0.243 e. The van der Waals surface area contributed by atoms with Gasteiger partial charge in [0.15, 0.2) is 0 Å². The normalized spacial score (nSPS) is 9.88. The number of carbonyl (C=O) groups is 1. The molecule has 0 atom stereocenters. The third-order valence-electron chi connectivity index (χ3n) is 1.73. The van der Waals surface area contributed by atoms with Gasteiger partial charge in [-0.15, -0.1) is 18.8 Å². The molecule has 0 saturated carbocycles. The van der Waals surface area contributed by atoms with Gasteiger partial charge in [0.2, 0.25) is 5.91 Å². The molecule has 0 aliphatic rings. The summed E-state index contributed by atoms with van der Waals surface area (Å²) in [6.07, 6.45) is 9.24. The number of hydrogen-bond donors (Lipinski definition) is 2. The average Bonchev–Trinajstić information content (AvgIpc) is 2.18. The van der Waals surface area contributed by atoms with Gasteiger partial charge in [0, 0.05) is 19.2 Å². The Balaban J connectivity index is 0. The highest BCUT2D eigenvalue weighted by Gasteiger charge is 1.94. The van der Waals surface area contributed by atoms with Crippen LogP contribution in [-0.2, 0) is 4.79 Å². The molecule has 0 aliphatic carbocycles. The van der Waals surface area contributed by atoms with Gasteiger partial charge in [-0.1, -0.05) is 12.0 Å². The van der Waals surface area contributed by atoms with Crippen LogP contribution in [0.4, 0.5) is 0 Å². The number of halogens is 1. The second-order valence-electron chi connectivity index (χ2n) is 3.24. The standard InChI is InChI=1S/C11H19N3O.ClH/c1-3-9-14(2)10-4-6-11(15)13-8-5-7-12;/h1,4,6H,5,7-10,12H2,2H3,(H,13,15);1H/b6-4+;. The number of terminal acetylenes is 1. The molecule has 0 spiro atoms. The van der Waals surface area contributed by atoms with Crippen molar-refractivity contribution in [2.24, 2.45) is 5.73 Å². The number of amides is 1. The highest BCUT2D eigenvalue weighted by atomic mass is 35.5. The molecule has 0 unspecified atom stereocenters. The Hall–Kier alpha value is -1.02. The fourth-order valence-electron chi connectivity index (χ4n) is 0.933. The first-order chi connectivity index (χ1) is 7.20. The molecule has 1 amide bonds. The highest BCUT2D eigenvalue weighted by molar-refractivity contribution is 5.87. The number of hydrogen-bond acceptors (Lipinski definition) is 3. The van der Waals surface area contributed by atoms with Crippen LogP contribution in [0, 0.1) is 12.3 Å². The molecule has 16 heavy (non-hydrogen) atoms. The van der Waals surface area contributed by atoms with Crippen molar-refractivity contribution in [3.8, 4) is 12.3 Å². The van der Waals surface area contributed by atoms with E-state index in [0.717, 1.165) is 6.42 Å². The third-order valence-corrected chi connectivity index (χ3v) is 1.73. The molecule has 0 heterocycles. The van der Waals surface area contributed by atoms with Gasteiger partial charge in [-0.05, 0) is 20.0 Å². The summed E-state index contributed by atoms with van der Waals surface area (Å²) in [6.45, 7) is 2.47. The van der Waals surface area contributed by atoms with E-state index in [0.29, 0.717) is 26.2 Å². The van der Waals surface area contributed by atoms with Crippen LogP contribution in [0.2, 0.25) is 0 Å². The summed E-state index contributed by atoms with van der Waals surface area (Å²) in [5, 5.41) is 2.72. The molecule has 0 saturated heterocycles. The van der Waals surface area contributed by atoms with Crippen molar-refractivity contribution in [2.75, 3.05) is 33.2 Å². The fraction of sp³-hybridized carbons (Fsp3) is 0.545. The zero-order chi connectivity index (χ0) is 11.5. The van der Waals surface area contributed by atoms with Gasteiger partial charge in [-0.2, -0.15) is 0 Å². The Morgan fingerprint density at radius 3 is 2.88 bits per heavy atom. The van der Waals surface area contributed by atoms with Gasteiger partial charge in [-0.3, -0.25) is 9.69 Å². The van der Waals surface area contributed by atoms with E-state index in [2.05, 4.69) is 11.2 Å². The summed E-state index contributed by atoms with van der Waals surface area (Å²) >= 11 is 0. The molecule has 92 valence electrons. The van der Waals surface area contributed by atoms with E-state index in [4.69, 9.17) is 12.2 Å².